The first-order valence-corrected chi connectivity index (χ1v) is 9.78. The highest BCUT2D eigenvalue weighted by atomic mass is 19.1. The Bertz CT molecular complexity index is 829. The van der Waals surface area contributed by atoms with Gasteiger partial charge in [-0.15, -0.1) is 0 Å². The van der Waals surface area contributed by atoms with Gasteiger partial charge in [0.05, 0.1) is 18.1 Å². The zero-order valence-electron chi connectivity index (χ0n) is 15.1. The number of hydrogen-bond donors (Lipinski definition) is 0. The van der Waals surface area contributed by atoms with Crippen molar-refractivity contribution in [3.63, 3.8) is 0 Å². The van der Waals surface area contributed by atoms with Gasteiger partial charge < -0.3 is 4.90 Å². The van der Waals surface area contributed by atoms with Crippen molar-refractivity contribution in [1.29, 1.82) is 0 Å². The third-order valence-electron chi connectivity index (χ3n) is 6.46. The Morgan fingerprint density at radius 2 is 1.67 bits per heavy atom. The average molecular weight is 367 g/mol. The SMILES string of the molecule is O=C1C2C3C=CC(C3)C2C(=O)N1N=Cc1ccc(N2CCCCC2)cc1F. The molecule has 2 saturated heterocycles. The number of nitrogens with zero attached hydrogens (tertiary/aromatic N) is 3. The minimum Gasteiger partial charge on any atom is -0.371 e. The lowest BCUT2D eigenvalue weighted by atomic mass is 9.85. The fourth-order valence-electron chi connectivity index (χ4n) is 5.09. The van der Waals surface area contributed by atoms with Crippen LogP contribution in [0.3, 0.4) is 0 Å². The molecule has 2 amide bonds. The van der Waals surface area contributed by atoms with E-state index in [1.807, 2.05) is 18.2 Å². The number of hydrazone groups is 1. The Morgan fingerprint density at radius 1 is 1.00 bits per heavy atom. The predicted octanol–water partition coefficient (Wildman–Crippen LogP) is 2.96. The van der Waals surface area contributed by atoms with Crippen LogP contribution in [0, 0.1) is 29.5 Å². The second kappa shape index (κ2) is 6.29. The van der Waals surface area contributed by atoms with Crippen LogP contribution in [0.2, 0.25) is 0 Å². The average Bonchev–Trinajstić information content (AvgIpc) is 3.36. The van der Waals surface area contributed by atoms with Crippen molar-refractivity contribution in [3.05, 3.63) is 41.7 Å². The Morgan fingerprint density at radius 3 is 2.30 bits per heavy atom. The maximum atomic E-state index is 14.5. The zero-order chi connectivity index (χ0) is 18.5. The smallest absolute Gasteiger partial charge is 0.254 e. The van der Waals surface area contributed by atoms with Crippen LogP contribution < -0.4 is 4.90 Å². The molecule has 2 heterocycles. The molecule has 6 heteroatoms. The van der Waals surface area contributed by atoms with Gasteiger partial charge in [-0.25, -0.2) is 4.39 Å². The van der Waals surface area contributed by atoms with Gasteiger partial charge >= 0.3 is 0 Å². The largest absolute Gasteiger partial charge is 0.371 e. The molecule has 0 spiro atoms. The third-order valence-corrected chi connectivity index (χ3v) is 6.46. The van der Waals surface area contributed by atoms with Crippen molar-refractivity contribution in [2.45, 2.75) is 25.7 Å². The molecule has 5 nitrogen and oxygen atoms in total. The molecule has 27 heavy (non-hydrogen) atoms. The number of piperidine rings is 1. The molecule has 4 atom stereocenters. The fraction of sp³-hybridized carbons (Fsp3) is 0.476. The van der Waals surface area contributed by atoms with Crippen molar-refractivity contribution in [2.75, 3.05) is 18.0 Å². The second-order valence-electron chi connectivity index (χ2n) is 7.99. The van der Waals surface area contributed by atoms with Crippen molar-refractivity contribution >= 4 is 23.7 Å². The summed E-state index contributed by atoms with van der Waals surface area (Å²) in [6.07, 6.45) is 9.75. The van der Waals surface area contributed by atoms with Gasteiger partial charge in [-0.1, -0.05) is 12.2 Å². The fourth-order valence-corrected chi connectivity index (χ4v) is 5.09. The van der Waals surface area contributed by atoms with Crippen LogP contribution in [0.4, 0.5) is 10.1 Å². The highest BCUT2D eigenvalue weighted by molar-refractivity contribution is 6.06. The van der Waals surface area contributed by atoms with E-state index in [0.29, 0.717) is 0 Å². The number of imide groups is 1. The summed E-state index contributed by atoms with van der Waals surface area (Å²) in [6.45, 7) is 1.89. The molecule has 0 N–H and O–H groups in total. The van der Waals surface area contributed by atoms with E-state index in [-0.39, 0.29) is 46.9 Å². The molecule has 1 aromatic carbocycles. The maximum absolute atomic E-state index is 14.5. The molecule has 2 aliphatic heterocycles. The van der Waals surface area contributed by atoms with Gasteiger partial charge in [-0.2, -0.15) is 10.1 Å². The number of allylic oxidation sites excluding steroid dienone is 2. The molecule has 1 saturated carbocycles. The number of benzene rings is 1. The monoisotopic (exact) mass is 367 g/mol. The molecule has 3 fully saturated rings. The molecule has 0 aromatic heterocycles. The van der Waals surface area contributed by atoms with Gasteiger partial charge in [0.1, 0.15) is 5.82 Å². The summed E-state index contributed by atoms with van der Waals surface area (Å²) < 4.78 is 14.5. The Hall–Kier alpha value is -2.50. The Balaban J connectivity index is 1.34. The van der Waals surface area contributed by atoms with E-state index in [0.717, 1.165) is 43.0 Å². The van der Waals surface area contributed by atoms with Gasteiger partial charge in [0.25, 0.3) is 11.8 Å². The third kappa shape index (κ3) is 2.61. The van der Waals surface area contributed by atoms with Gasteiger partial charge in [-0.3, -0.25) is 9.59 Å². The summed E-state index contributed by atoms with van der Waals surface area (Å²) in [5.74, 6) is -1.14. The van der Waals surface area contributed by atoms with E-state index in [2.05, 4.69) is 10.0 Å². The molecule has 1 aromatic rings. The normalized spacial score (nSPS) is 32.2. The number of amides is 2. The highest BCUT2D eigenvalue weighted by Gasteiger charge is 2.59. The van der Waals surface area contributed by atoms with Crippen molar-refractivity contribution in [3.8, 4) is 0 Å². The van der Waals surface area contributed by atoms with Crippen LogP contribution in [0.15, 0.2) is 35.5 Å². The van der Waals surface area contributed by atoms with Crippen LogP contribution in [0.1, 0.15) is 31.2 Å². The summed E-state index contributed by atoms with van der Waals surface area (Å²) in [5.41, 5.74) is 1.16. The molecule has 5 rings (SSSR count). The van der Waals surface area contributed by atoms with Crippen molar-refractivity contribution < 1.29 is 14.0 Å². The summed E-state index contributed by atoms with van der Waals surface area (Å²) in [5, 5.41) is 5.02. The number of hydrogen-bond acceptors (Lipinski definition) is 4. The van der Waals surface area contributed by atoms with Gasteiger partial charge in [0, 0.05) is 24.3 Å². The van der Waals surface area contributed by atoms with E-state index in [1.54, 1.807) is 6.07 Å². The number of fused-ring (bicyclic) bond motifs is 5. The number of anilines is 1. The van der Waals surface area contributed by atoms with E-state index < -0.39 is 0 Å². The summed E-state index contributed by atoms with van der Waals surface area (Å²) >= 11 is 0. The lowest BCUT2D eigenvalue weighted by Crippen LogP contribution is -2.29. The van der Waals surface area contributed by atoms with Crippen LogP contribution >= 0.6 is 0 Å². The quantitative estimate of drug-likeness (QED) is 0.469. The first-order valence-electron chi connectivity index (χ1n) is 9.78. The number of halogens is 1. The first kappa shape index (κ1) is 16.7. The van der Waals surface area contributed by atoms with Crippen molar-refractivity contribution in [1.82, 2.24) is 5.01 Å². The van der Waals surface area contributed by atoms with E-state index in [1.165, 1.54) is 18.7 Å². The molecular weight excluding hydrogens is 345 g/mol. The van der Waals surface area contributed by atoms with Gasteiger partial charge in [0.15, 0.2) is 0 Å². The molecule has 4 aliphatic rings. The van der Waals surface area contributed by atoms with Crippen molar-refractivity contribution in [2.24, 2.45) is 28.8 Å². The minimum absolute atomic E-state index is 0.150. The van der Waals surface area contributed by atoms with E-state index in [9.17, 15) is 14.0 Å². The Kier molecular flexibility index (Phi) is 3.88. The lowest BCUT2D eigenvalue weighted by molar-refractivity contribution is -0.140. The van der Waals surface area contributed by atoms with Crippen LogP contribution in [-0.2, 0) is 9.59 Å². The van der Waals surface area contributed by atoms with Gasteiger partial charge in [-0.05, 0) is 55.7 Å². The first-order chi connectivity index (χ1) is 13.1. The molecule has 140 valence electrons. The summed E-state index contributed by atoms with van der Waals surface area (Å²) in [7, 11) is 0. The Labute approximate surface area is 157 Å². The molecule has 2 bridgehead atoms. The highest BCUT2D eigenvalue weighted by Crippen LogP contribution is 2.52. The molecule has 0 radical (unpaired) electrons. The topological polar surface area (TPSA) is 53.0 Å². The number of carbonyl (C=O) groups excluding carboxylic acids is 2. The minimum atomic E-state index is -0.386. The maximum Gasteiger partial charge on any atom is 0.254 e. The number of rotatable bonds is 3. The zero-order valence-corrected chi connectivity index (χ0v) is 15.1. The van der Waals surface area contributed by atoms with Crippen LogP contribution in [0.5, 0.6) is 0 Å². The predicted molar refractivity (Wildman–Crippen MR) is 99.6 cm³/mol. The summed E-state index contributed by atoms with van der Waals surface area (Å²) in [6, 6.07) is 5.06. The van der Waals surface area contributed by atoms with Crippen LogP contribution in [0.25, 0.3) is 0 Å². The molecular formula is C21H22FN3O2. The van der Waals surface area contributed by atoms with Gasteiger partial charge in [0.2, 0.25) is 0 Å². The molecule has 2 aliphatic carbocycles. The lowest BCUT2D eigenvalue weighted by Gasteiger charge is -2.28. The van der Waals surface area contributed by atoms with Crippen LogP contribution in [-0.4, -0.2) is 36.1 Å². The van der Waals surface area contributed by atoms with E-state index >= 15 is 0 Å². The standard InChI is InChI=1S/C21H22FN3O2/c22-17-11-16(24-8-2-1-3-9-24)7-6-15(17)12-23-25-20(26)18-13-4-5-14(10-13)19(18)21(25)27/h4-7,11-14,18-19H,1-3,8-10H2. The number of carbonyl (C=O) groups is 2. The summed E-state index contributed by atoms with van der Waals surface area (Å²) in [4.78, 5) is 27.4. The molecule has 4 unspecified atom stereocenters. The van der Waals surface area contributed by atoms with E-state index in [4.69, 9.17) is 0 Å². The second-order valence-corrected chi connectivity index (χ2v) is 7.99.